The van der Waals surface area contributed by atoms with Crippen LogP contribution in [0, 0.1) is 0 Å². The number of nitrogens with one attached hydrogen (secondary N) is 1. The lowest BCUT2D eigenvalue weighted by Gasteiger charge is -2.34. The second-order valence-electron chi connectivity index (χ2n) is 11.2. The number of rotatable bonds is 14. The van der Waals surface area contributed by atoms with Crippen molar-refractivity contribution >= 4 is 39.1 Å². The van der Waals surface area contributed by atoms with Crippen LogP contribution in [-0.2, 0) is 32.6 Å². The Morgan fingerprint density at radius 2 is 1.42 bits per heavy atom. The molecule has 0 aliphatic rings. The first-order chi connectivity index (χ1) is 21.6. The fraction of sp³-hybridized carbons (Fsp3) is 0.278. The van der Waals surface area contributed by atoms with Gasteiger partial charge in [-0.1, -0.05) is 111 Å². The first kappa shape index (κ1) is 33.7. The zero-order chi connectivity index (χ0) is 32.4. The summed E-state index contributed by atoms with van der Waals surface area (Å²) < 4.78 is 29.3. The van der Waals surface area contributed by atoms with Crippen molar-refractivity contribution in [2.75, 3.05) is 17.4 Å². The molecule has 0 fully saturated rings. The van der Waals surface area contributed by atoms with Gasteiger partial charge in [-0.15, -0.1) is 0 Å². The quantitative estimate of drug-likeness (QED) is 0.163. The highest BCUT2D eigenvalue weighted by atomic mass is 35.5. The van der Waals surface area contributed by atoms with Gasteiger partial charge in [-0.05, 0) is 59.4 Å². The molecule has 7 nitrogen and oxygen atoms in total. The van der Waals surface area contributed by atoms with E-state index in [0.29, 0.717) is 22.8 Å². The van der Waals surface area contributed by atoms with Crippen LogP contribution in [-0.4, -0.2) is 44.3 Å². The van der Waals surface area contributed by atoms with E-state index in [2.05, 4.69) is 19.2 Å². The number of benzene rings is 4. The lowest BCUT2D eigenvalue weighted by atomic mass is 10.0. The van der Waals surface area contributed by atoms with Crippen molar-refractivity contribution < 1.29 is 18.0 Å². The maximum atomic E-state index is 14.5. The number of sulfonamides is 1. The standard InChI is InChI=1S/C36H40ClN3O4S/c1-4-23-38-36(42)34(24-28-13-7-5-8-14-28)39(25-30-15-11-12-18-33(30)37)35(41)26-40(31-21-19-29(20-22-31)27(2)3)45(43,44)32-16-9-6-10-17-32/h5-22,27,34H,4,23-26H2,1-3H3,(H,38,42). The van der Waals surface area contributed by atoms with Gasteiger partial charge >= 0.3 is 0 Å². The third-order valence-corrected chi connectivity index (χ3v) is 9.73. The first-order valence-electron chi connectivity index (χ1n) is 15.1. The van der Waals surface area contributed by atoms with Crippen LogP contribution < -0.4 is 9.62 Å². The van der Waals surface area contributed by atoms with Crippen molar-refractivity contribution in [2.45, 2.75) is 57.0 Å². The maximum absolute atomic E-state index is 14.5. The Kier molecular flexibility index (Phi) is 11.8. The summed E-state index contributed by atoms with van der Waals surface area (Å²) in [5.41, 5.74) is 2.90. The largest absolute Gasteiger partial charge is 0.354 e. The van der Waals surface area contributed by atoms with E-state index in [1.54, 1.807) is 48.5 Å². The SMILES string of the molecule is CCCNC(=O)C(Cc1ccccc1)N(Cc1ccccc1Cl)C(=O)CN(c1ccc(C(C)C)cc1)S(=O)(=O)c1ccccc1. The lowest BCUT2D eigenvalue weighted by Crippen LogP contribution is -2.53. The Hall–Kier alpha value is -4.14. The molecule has 4 aromatic rings. The van der Waals surface area contributed by atoms with E-state index in [0.717, 1.165) is 21.9 Å². The van der Waals surface area contributed by atoms with E-state index in [1.807, 2.05) is 55.5 Å². The molecule has 45 heavy (non-hydrogen) atoms. The van der Waals surface area contributed by atoms with Crippen LogP contribution in [0.1, 0.15) is 49.8 Å². The molecule has 1 unspecified atom stereocenters. The molecule has 0 bridgehead atoms. The molecule has 9 heteroatoms. The van der Waals surface area contributed by atoms with E-state index in [1.165, 1.54) is 17.0 Å². The summed E-state index contributed by atoms with van der Waals surface area (Å²) in [6.07, 6.45) is 0.957. The molecule has 4 rings (SSSR count). The monoisotopic (exact) mass is 645 g/mol. The number of carbonyl (C=O) groups excluding carboxylic acids is 2. The molecule has 0 radical (unpaired) electrons. The van der Waals surface area contributed by atoms with Gasteiger partial charge in [0.05, 0.1) is 10.6 Å². The molecule has 0 spiro atoms. The predicted molar refractivity (Wildman–Crippen MR) is 181 cm³/mol. The van der Waals surface area contributed by atoms with Crippen molar-refractivity contribution in [2.24, 2.45) is 0 Å². The van der Waals surface area contributed by atoms with Crippen LogP contribution in [0.4, 0.5) is 5.69 Å². The van der Waals surface area contributed by atoms with Crippen LogP contribution in [0.3, 0.4) is 0 Å². The molecule has 0 saturated carbocycles. The second-order valence-corrected chi connectivity index (χ2v) is 13.5. The average molecular weight is 646 g/mol. The molecule has 0 aromatic heterocycles. The Balaban J connectivity index is 1.80. The molecular weight excluding hydrogens is 606 g/mol. The summed E-state index contributed by atoms with van der Waals surface area (Å²) in [5.74, 6) is -0.610. The predicted octanol–water partition coefficient (Wildman–Crippen LogP) is 6.83. The number of anilines is 1. The number of amides is 2. The van der Waals surface area contributed by atoms with Gasteiger partial charge in [0.15, 0.2) is 0 Å². The summed E-state index contributed by atoms with van der Waals surface area (Å²) in [7, 11) is -4.16. The third kappa shape index (κ3) is 8.74. The topological polar surface area (TPSA) is 86.8 Å². The molecule has 0 saturated heterocycles. The van der Waals surface area contributed by atoms with Gasteiger partial charge in [0.25, 0.3) is 10.0 Å². The smallest absolute Gasteiger partial charge is 0.264 e. The van der Waals surface area contributed by atoms with Gasteiger partial charge in [-0.3, -0.25) is 13.9 Å². The molecule has 0 heterocycles. The Labute approximate surface area is 271 Å². The van der Waals surface area contributed by atoms with Gasteiger partial charge in [-0.25, -0.2) is 8.42 Å². The molecule has 1 N–H and O–H groups in total. The zero-order valence-corrected chi connectivity index (χ0v) is 27.5. The van der Waals surface area contributed by atoms with Gasteiger partial charge in [0.1, 0.15) is 12.6 Å². The Morgan fingerprint density at radius 1 is 0.822 bits per heavy atom. The molecule has 0 aliphatic heterocycles. The van der Waals surface area contributed by atoms with Crippen LogP contribution >= 0.6 is 11.6 Å². The summed E-state index contributed by atoms with van der Waals surface area (Å²) in [5, 5.41) is 3.39. The molecule has 1 atom stereocenters. The highest BCUT2D eigenvalue weighted by Gasteiger charge is 2.34. The minimum absolute atomic E-state index is 0.0149. The summed E-state index contributed by atoms with van der Waals surface area (Å²) in [4.78, 5) is 29.7. The first-order valence-corrected chi connectivity index (χ1v) is 17.0. The number of carbonyl (C=O) groups is 2. The summed E-state index contributed by atoms with van der Waals surface area (Å²) in [6.45, 7) is 6.00. The normalized spacial score (nSPS) is 12.0. The number of hydrogen-bond acceptors (Lipinski definition) is 4. The van der Waals surface area contributed by atoms with E-state index in [-0.39, 0.29) is 29.7 Å². The van der Waals surface area contributed by atoms with Crippen molar-refractivity contribution in [3.63, 3.8) is 0 Å². The Morgan fingerprint density at radius 3 is 2.02 bits per heavy atom. The fourth-order valence-electron chi connectivity index (χ4n) is 5.00. The zero-order valence-electron chi connectivity index (χ0n) is 25.9. The van der Waals surface area contributed by atoms with E-state index in [9.17, 15) is 18.0 Å². The van der Waals surface area contributed by atoms with Gasteiger partial charge < -0.3 is 10.2 Å². The molecule has 0 aliphatic carbocycles. The van der Waals surface area contributed by atoms with Crippen LogP contribution in [0.2, 0.25) is 5.02 Å². The summed E-state index contributed by atoms with van der Waals surface area (Å²) >= 11 is 6.55. The van der Waals surface area contributed by atoms with Crippen molar-refractivity contribution in [3.8, 4) is 0 Å². The van der Waals surface area contributed by atoms with E-state index in [4.69, 9.17) is 11.6 Å². The second kappa shape index (κ2) is 15.7. The number of halogens is 1. The highest BCUT2D eigenvalue weighted by Crippen LogP contribution is 2.27. The summed E-state index contributed by atoms with van der Waals surface area (Å²) in [6, 6.07) is 30.9. The van der Waals surface area contributed by atoms with Crippen LogP contribution in [0.25, 0.3) is 0 Å². The number of hydrogen-bond donors (Lipinski definition) is 1. The molecular formula is C36H40ClN3O4S. The minimum atomic E-state index is -4.16. The highest BCUT2D eigenvalue weighted by molar-refractivity contribution is 7.92. The minimum Gasteiger partial charge on any atom is -0.354 e. The fourth-order valence-corrected chi connectivity index (χ4v) is 6.63. The van der Waals surface area contributed by atoms with Crippen LogP contribution in [0.5, 0.6) is 0 Å². The average Bonchev–Trinajstić information content (AvgIpc) is 3.05. The van der Waals surface area contributed by atoms with Crippen molar-refractivity contribution in [1.82, 2.24) is 10.2 Å². The Bertz CT molecular complexity index is 1660. The number of nitrogens with zero attached hydrogens (tertiary/aromatic N) is 2. The molecule has 4 aromatic carbocycles. The van der Waals surface area contributed by atoms with Gasteiger partial charge in [-0.2, -0.15) is 0 Å². The van der Waals surface area contributed by atoms with Crippen molar-refractivity contribution in [3.05, 3.63) is 131 Å². The van der Waals surface area contributed by atoms with Crippen LogP contribution in [0.15, 0.2) is 114 Å². The van der Waals surface area contributed by atoms with Crippen molar-refractivity contribution in [1.29, 1.82) is 0 Å². The molecule has 2 amide bonds. The molecule has 236 valence electrons. The van der Waals surface area contributed by atoms with E-state index < -0.39 is 28.5 Å². The van der Waals surface area contributed by atoms with Gasteiger partial charge in [0, 0.05) is 24.5 Å². The lowest BCUT2D eigenvalue weighted by molar-refractivity contribution is -0.140. The third-order valence-electron chi connectivity index (χ3n) is 7.58. The van der Waals surface area contributed by atoms with E-state index >= 15 is 0 Å². The maximum Gasteiger partial charge on any atom is 0.264 e. The van der Waals surface area contributed by atoms with Gasteiger partial charge in [0.2, 0.25) is 11.8 Å².